The van der Waals surface area contributed by atoms with Gasteiger partial charge in [-0.25, -0.2) is 0 Å². The number of benzene rings is 1. The summed E-state index contributed by atoms with van der Waals surface area (Å²) < 4.78 is 4.96. The number of halogens is 1. The van der Waals surface area contributed by atoms with Crippen LogP contribution in [0.25, 0.3) is 0 Å². The Hall–Kier alpha value is -1.74. The zero-order chi connectivity index (χ0) is 12.3. The van der Waals surface area contributed by atoms with E-state index in [-0.39, 0.29) is 5.91 Å². The predicted octanol–water partition coefficient (Wildman–Crippen LogP) is 3.21. The number of amides is 1. The molecule has 1 aromatic carbocycles. The van der Waals surface area contributed by atoms with Gasteiger partial charge in [-0.15, -0.1) is 0 Å². The van der Waals surface area contributed by atoms with E-state index in [2.05, 4.69) is 0 Å². The third-order valence-corrected chi connectivity index (χ3v) is 2.69. The van der Waals surface area contributed by atoms with Crippen LogP contribution in [-0.2, 0) is 6.54 Å². The highest BCUT2D eigenvalue weighted by molar-refractivity contribution is 6.30. The van der Waals surface area contributed by atoms with Crippen LogP contribution in [0.2, 0.25) is 5.02 Å². The van der Waals surface area contributed by atoms with E-state index in [1.54, 1.807) is 48.7 Å². The van der Waals surface area contributed by atoms with Gasteiger partial charge in [-0.2, -0.15) is 0 Å². The van der Waals surface area contributed by atoms with Crippen LogP contribution in [-0.4, -0.2) is 17.9 Å². The highest BCUT2D eigenvalue weighted by Gasteiger charge is 2.12. The van der Waals surface area contributed by atoms with Crippen LogP contribution < -0.4 is 0 Å². The van der Waals surface area contributed by atoms with Crippen LogP contribution in [0.1, 0.15) is 15.9 Å². The molecular weight excluding hydrogens is 238 g/mol. The van der Waals surface area contributed by atoms with E-state index in [0.717, 1.165) is 5.56 Å². The predicted molar refractivity (Wildman–Crippen MR) is 66.0 cm³/mol. The normalized spacial score (nSPS) is 10.2. The fourth-order valence-electron chi connectivity index (χ4n) is 1.54. The molecule has 0 fully saturated rings. The first-order valence-electron chi connectivity index (χ1n) is 5.19. The Balaban J connectivity index is 2.07. The summed E-state index contributed by atoms with van der Waals surface area (Å²) in [6, 6.07) is 8.69. The maximum atomic E-state index is 12.0. The number of furan rings is 1. The Bertz CT molecular complexity index is 491. The first-order chi connectivity index (χ1) is 8.16. The van der Waals surface area contributed by atoms with E-state index < -0.39 is 0 Å². The molecule has 0 N–H and O–H groups in total. The Labute approximate surface area is 105 Å². The molecule has 0 radical (unpaired) electrons. The van der Waals surface area contributed by atoms with Crippen molar-refractivity contribution in [3.8, 4) is 0 Å². The van der Waals surface area contributed by atoms with Gasteiger partial charge >= 0.3 is 0 Å². The van der Waals surface area contributed by atoms with Crippen molar-refractivity contribution in [3.05, 3.63) is 59.0 Å². The van der Waals surface area contributed by atoms with E-state index in [0.29, 0.717) is 17.1 Å². The number of hydrogen-bond acceptors (Lipinski definition) is 2. The van der Waals surface area contributed by atoms with Crippen molar-refractivity contribution in [1.82, 2.24) is 4.90 Å². The lowest BCUT2D eigenvalue weighted by Gasteiger charge is -2.16. The number of rotatable bonds is 3. The highest BCUT2D eigenvalue weighted by atomic mass is 35.5. The second-order valence-electron chi connectivity index (χ2n) is 3.80. The Morgan fingerprint density at radius 3 is 2.59 bits per heavy atom. The standard InChI is InChI=1S/C13H12ClNO2/c1-15(8-10-6-7-17-9-10)13(16)11-2-4-12(14)5-3-11/h2-7,9H,8H2,1H3. The van der Waals surface area contributed by atoms with Crippen molar-refractivity contribution in [1.29, 1.82) is 0 Å². The maximum Gasteiger partial charge on any atom is 0.253 e. The van der Waals surface area contributed by atoms with Crippen LogP contribution in [0, 0.1) is 0 Å². The van der Waals surface area contributed by atoms with Gasteiger partial charge in [0.1, 0.15) is 0 Å². The van der Waals surface area contributed by atoms with Crippen LogP contribution in [0.15, 0.2) is 47.3 Å². The van der Waals surface area contributed by atoms with Crippen molar-refractivity contribution in [2.45, 2.75) is 6.54 Å². The molecule has 0 saturated carbocycles. The average Bonchev–Trinajstić information content (AvgIpc) is 2.82. The fraction of sp³-hybridized carbons (Fsp3) is 0.154. The molecule has 0 bridgehead atoms. The maximum absolute atomic E-state index is 12.0. The highest BCUT2D eigenvalue weighted by Crippen LogP contribution is 2.12. The van der Waals surface area contributed by atoms with Crippen molar-refractivity contribution in [3.63, 3.8) is 0 Å². The minimum Gasteiger partial charge on any atom is -0.472 e. The molecule has 0 saturated heterocycles. The Kier molecular flexibility index (Phi) is 3.49. The molecule has 0 aliphatic rings. The molecular formula is C13H12ClNO2. The van der Waals surface area contributed by atoms with Gasteiger partial charge in [0, 0.05) is 29.7 Å². The third kappa shape index (κ3) is 2.88. The SMILES string of the molecule is CN(Cc1ccoc1)C(=O)c1ccc(Cl)cc1. The molecule has 0 unspecified atom stereocenters. The summed E-state index contributed by atoms with van der Waals surface area (Å²) in [5.41, 5.74) is 1.59. The van der Waals surface area contributed by atoms with Gasteiger partial charge < -0.3 is 9.32 Å². The summed E-state index contributed by atoms with van der Waals surface area (Å²) in [7, 11) is 1.75. The summed E-state index contributed by atoms with van der Waals surface area (Å²) in [6.07, 6.45) is 3.22. The number of nitrogens with zero attached hydrogens (tertiary/aromatic N) is 1. The summed E-state index contributed by atoms with van der Waals surface area (Å²) in [5.74, 6) is -0.0390. The number of carbonyl (C=O) groups is 1. The minimum atomic E-state index is -0.0390. The molecule has 2 rings (SSSR count). The smallest absolute Gasteiger partial charge is 0.253 e. The van der Waals surface area contributed by atoms with Crippen molar-refractivity contribution >= 4 is 17.5 Å². The summed E-state index contributed by atoms with van der Waals surface area (Å²) in [6.45, 7) is 0.526. The zero-order valence-corrected chi connectivity index (χ0v) is 10.1. The van der Waals surface area contributed by atoms with Gasteiger partial charge in [0.2, 0.25) is 0 Å². The van der Waals surface area contributed by atoms with E-state index in [1.807, 2.05) is 6.07 Å². The lowest BCUT2D eigenvalue weighted by Crippen LogP contribution is -2.25. The largest absolute Gasteiger partial charge is 0.472 e. The monoisotopic (exact) mass is 249 g/mol. The molecule has 17 heavy (non-hydrogen) atoms. The summed E-state index contributed by atoms with van der Waals surface area (Å²) in [4.78, 5) is 13.7. The van der Waals surface area contributed by atoms with Crippen molar-refractivity contribution in [2.75, 3.05) is 7.05 Å². The van der Waals surface area contributed by atoms with E-state index in [4.69, 9.17) is 16.0 Å². The number of carbonyl (C=O) groups excluding carboxylic acids is 1. The summed E-state index contributed by atoms with van der Waals surface area (Å²) >= 11 is 5.77. The van der Waals surface area contributed by atoms with Gasteiger partial charge in [0.05, 0.1) is 12.5 Å². The van der Waals surface area contributed by atoms with Crippen molar-refractivity contribution in [2.24, 2.45) is 0 Å². The number of hydrogen-bond donors (Lipinski definition) is 0. The van der Waals surface area contributed by atoms with Crippen LogP contribution in [0.5, 0.6) is 0 Å². The zero-order valence-electron chi connectivity index (χ0n) is 9.39. The van der Waals surface area contributed by atoms with Crippen molar-refractivity contribution < 1.29 is 9.21 Å². The second-order valence-corrected chi connectivity index (χ2v) is 4.24. The van der Waals surface area contributed by atoms with E-state index in [9.17, 15) is 4.79 Å². The van der Waals surface area contributed by atoms with Crippen LogP contribution in [0.3, 0.4) is 0 Å². The Morgan fingerprint density at radius 1 is 1.29 bits per heavy atom. The summed E-state index contributed by atoms with van der Waals surface area (Å²) in [5, 5.41) is 0.624. The molecule has 1 aromatic heterocycles. The van der Waals surface area contributed by atoms with Crippen LogP contribution in [0.4, 0.5) is 0 Å². The molecule has 3 nitrogen and oxygen atoms in total. The molecule has 0 atom stereocenters. The lowest BCUT2D eigenvalue weighted by molar-refractivity contribution is 0.0785. The quantitative estimate of drug-likeness (QED) is 0.837. The topological polar surface area (TPSA) is 33.5 Å². The Morgan fingerprint density at radius 2 is 2.00 bits per heavy atom. The molecule has 1 heterocycles. The molecule has 88 valence electrons. The second kappa shape index (κ2) is 5.06. The molecule has 2 aromatic rings. The van der Waals surface area contributed by atoms with Gasteiger partial charge in [-0.05, 0) is 30.3 Å². The molecule has 0 aliphatic heterocycles. The van der Waals surface area contributed by atoms with Gasteiger partial charge in [0.25, 0.3) is 5.91 Å². The average molecular weight is 250 g/mol. The minimum absolute atomic E-state index is 0.0390. The van der Waals surface area contributed by atoms with Gasteiger partial charge in [-0.1, -0.05) is 11.6 Å². The van der Waals surface area contributed by atoms with Gasteiger partial charge in [0.15, 0.2) is 0 Å². The first-order valence-corrected chi connectivity index (χ1v) is 5.57. The molecule has 0 aliphatic carbocycles. The third-order valence-electron chi connectivity index (χ3n) is 2.44. The molecule has 0 spiro atoms. The lowest BCUT2D eigenvalue weighted by atomic mass is 10.2. The van der Waals surface area contributed by atoms with E-state index >= 15 is 0 Å². The van der Waals surface area contributed by atoms with Gasteiger partial charge in [-0.3, -0.25) is 4.79 Å². The first kappa shape index (κ1) is 11.7. The molecule has 4 heteroatoms. The fourth-order valence-corrected chi connectivity index (χ4v) is 1.67. The molecule has 1 amide bonds. The van der Waals surface area contributed by atoms with E-state index in [1.165, 1.54) is 0 Å². The van der Waals surface area contributed by atoms with Crippen LogP contribution >= 0.6 is 11.6 Å².